The summed E-state index contributed by atoms with van der Waals surface area (Å²) >= 11 is 0. The Bertz CT molecular complexity index is 1280. The minimum Gasteiger partial charge on any atom is -0.508 e. The normalized spacial score (nSPS) is 13.0. The number of hydrogen-bond acceptors (Lipinski definition) is 6. The molecule has 39 heavy (non-hydrogen) atoms. The third-order valence-corrected chi connectivity index (χ3v) is 5.22. The molecule has 1 N–H and O–H groups in total. The van der Waals surface area contributed by atoms with Gasteiger partial charge in [0.25, 0.3) is 0 Å². The Labute approximate surface area is 230 Å². The lowest BCUT2D eigenvalue weighted by molar-refractivity contribution is -0.0613. The van der Waals surface area contributed by atoms with Crippen LogP contribution in [0, 0.1) is 0 Å². The van der Waals surface area contributed by atoms with Crippen LogP contribution < -0.4 is 9.47 Å². The summed E-state index contributed by atoms with van der Waals surface area (Å²) in [5.41, 5.74) is 3.23. The summed E-state index contributed by atoms with van der Waals surface area (Å²) in [6.45, 7) is 9.74. The predicted molar refractivity (Wildman–Crippen MR) is 156 cm³/mol. The van der Waals surface area contributed by atoms with E-state index >= 15 is 0 Å². The summed E-state index contributed by atoms with van der Waals surface area (Å²) in [6.07, 6.45) is 8.97. The van der Waals surface area contributed by atoms with Crippen molar-refractivity contribution in [3.63, 3.8) is 0 Å². The molecule has 0 saturated heterocycles. The van der Waals surface area contributed by atoms with E-state index in [9.17, 15) is 9.90 Å². The van der Waals surface area contributed by atoms with E-state index in [0.717, 1.165) is 28.0 Å². The van der Waals surface area contributed by atoms with E-state index in [2.05, 4.69) is 6.08 Å². The van der Waals surface area contributed by atoms with Crippen LogP contribution in [0.1, 0.15) is 51.3 Å². The fraction of sp³-hybridized carbons (Fsp3) is 0.242. The lowest BCUT2D eigenvalue weighted by atomic mass is 10.1. The highest BCUT2D eigenvalue weighted by Crippen LogP contribution is 2.20. The van der Waals surface area contributed by atoms with Gasteiger partial charge in [0.05, 0.1) is 0 Å². The first-order valence-corrected chi connectivity index (χ1v) is 12.9. The summed E-state index contributed by atoms with van der Waals surface area (Å²) in [7, 11) is 0. The number of carbonyl (C=O) groups is 1. The highest BCUT2D eigenvalue weighted by Gasteiger charge is 2.17. The Balaban J connectivity index is 1.77. The van der Waals surface area contributed by atoms with Crippen LogP contribution in [0.5, 0.6) is 17.2 Å². The van der Waals surface area contributed by atoms with Crippen molar-refractivity contribution in [2.75, 3.05) is 6.61 Å². The third kappa shape index (κ3) is 10.9. The minimum absolute atomic E-state index is 0.225. The number of carbonyl (C=O) groups excluding carboxylic acids is 1. The molecule has 1 atom stereocenters. The highest BCUT2D eigenvalue weighted by atomic mass is 16.7. The van der Waals surface area contributed by atoms with E-state index < -0.39 is 11.8 Å². The predicted octanol–water partition coefficient (Wildman–Crippen LogP) is 8.28. The molecule has 3 aromatic carbocycles. The van der Waals surface area contributed by atoms with E-state index in [1.807, 2.05) is 86.7 Å². The van der Waals surface area contributed by atoms with Crippen molar-refractivity contribution in [1.29, 1.82) is 0 Å². The number of hydrogen-bond donors (Lipinski definition) is 1. The molecule has 0 fully saturated rings. The zero-order chi connectivity index (χ0) is 28.3. The minimum atomic E-state index is -0.737. The van der Waals surface area contributed by atoms with Crippen molar-refractivity contribution in [1.82, 2.24) is 0 Å². The Morgan fingerprint density at radius 3 is 1.87 bits per heavy atom. The Morgan fingerprint density at radius 2 is 1.33 bits per heavy atom. The monoisotopic (exact) mass is 528 g/mol. The smallest absolute Gasteiger partial charge is 0.508 e. The second-order valence-corrected chi connectivity index (χ2v) is 9.75. The lowest BCUT2D eigenvalue weighted by Crippen LogP contribution is -2.25. The number of allylic oxidation sites excluding steroid dienone is 3. The molecule has 6 heteroatoms. The van der Waals surface area contributed by atoms with Gasteiger partial charge in [-0.25, -0.2) is 4.79 Å². The molecule has 0 aliphatic rings. The second kappa shape index (κ2) is 14.0. The number of ether oxygens (including phenoxy) is 4. The number of benzene rings is 3. The highest BCUT2D eigenvalue weighted by molar-refractivity contribution is 5.69. The van der Waals surface area contributed by atoms with Crippen LogP contribution in [0.4, 0.5) is 4.79 Å². The molecule has 0 radical (unpaired) electrons. The fourth-order valence-corrected chi connectivity index (χ4v) is 3.43. The number of rotatable bonds is 10. The maximum atomic E-state index is 11.9. The maximum Gasteiger partial charge on any atom is 0.514 e. The molecular weight excluding hydrogens is 492 g/mol. The van der Waals surface area contributed by atoms with Crippen LogP contribution in [-0.2, 0) is 9.47 Å². The first kappa shape index (κ1) is 29.3. The van der Waals surface area contributed by atoms with Crippen molar-refractivity contribution >= 4 is 24.4 Å². The van der Waals surface area contributed by atoms with Crippen molar-refractivity contribution in [2.45, 2.75) is 46.5 Å². The van der Waals surface area contributed by atoms with E-state index in [-0.39, 0.29) is 12.0 Å². The van der Waals surface area contributed by atoms with Crippen LogP contribution in [-0.4, -0.2) is 29.8 Å². The van der Waals surface area contributed by atoms with Crippen molar-refractivity contribution in [3.05, 3.63) is 107 Å². The van der Waals surface area contributed by atoms with Gasteiger partial charge < -0.3 is 24.1 Å². The van der Waals surface area contributed by atoms with Gasteiger partial charge in [-0.3, -0.25) is 0 Å². The zero-order valence-electron chi connectivity index (χ0n) is 23.1. The Morgan fingerprint density at radius 1 is 0.821 bits per heavy atom. The summed E-state index contributed by atoms with van der Waals surface area (Å²) in [6, 6.07) is 22.0. The van der Waals surface area contributed by atoms with Gasteiger partial charge in [-0.2, -0.15) is 0 Å². The van der Waals surface area contributed by atoms with Crippen LogP contribution in [0.3, 0.4) is 0 Å². The average molecular weight is 529 g/mol. The standard InChI is InChI=1S/C33H36O6/c1-6-36-24(2)37-30-21-15-28(16-22-30)23-27(9-7-25-11-17-29(34)18-12-25)10-8-26-13-19-31(20-14-26)38-32(35)39-33(3,4)5/h7-24,34H,6H2,1-5H3. The molecule has 0 aliphatic carbocycles. The molecule has 0 saturated carbocycles. The van der Waals surface area contributed by atoms with E-state index in [1.54, 1.807) is 45.0 Å². The molecule has 3 aromatic rings. The molecule has 3 rings (SSSR count). The number of phenolic OH excluding ortho intramolecular Hbond substituents is 1. The van der Waals surface area contributed by atoms with Crippen molar-refractivity contribution in [3.8, 4) is 17.2 Å². The molecule has 0 bridgehead atoms. The Kier molecular flexibility index (Phi) is 10.5. The van der Waals surface area contributed by atoms with E-state index in [0.29, 0.717) is 12.4 Å². The summed E-state index contributed by atoms with van der Waals surface area (Å²) < 4.78 is 21.6. The van der Waals surface area contributed by atoms with Gasteiger partial charge in [-0.15, -0.1) is 0 Å². The zero-order valence-corrected chi connectivity index (χ0v) is 23.1. The second-order valence-electron chi connectivity index (χ2n) is 9.75. The van der Waals surface area contributed by atoms with Gasteiger partial charge in [0.2, 0.25) is 0 Å². The fourth-order valence-electron chi connectivity index (χ4n) is 3.43. The van der Waals surface area contributed by atoms with Crippen LogP contribution in [0.2, 0.25) is 0 Å². The van der Waals surface area contributed by atoms with Crippen LogP contribution in [0.25, 0.3) is 18.2 Å². The van der Waals surface area contributed by atoms with Crippen molar-refractivity contribution in [2.24, 2.45) is 0 Å². The van der Waals surface area contributed by atoms with Gasteiger partial charge in [0.15, 0.2) is 6.29 Å². The molecular formula is C33H36O6. The van der Waals surface area contributed by atoms with Crippen molar-refractivity contribution < 1.29 is 28.8 Å². The van der Waals surface area contributed by atoms with Crippen LogP contribution in [0.15, 0.2) is 90.5 Å². The molecule has 0 amide bonds. The summed E-state index contributed by atoms with van der Waals surface area (Å²) in [5.74, 6) is 1.37. The molecule has 0 heterocycles. The summed E-state index contributed by atoms with van der Waals surface area (Å²) in [5, 5.41) is 9.56. The quantitative estimate of drug-likeness (QED) is 0.124. The first-order valence-electron chi connectivity index (χ1n) is 12.9. The van der Waals surface area contributed by atoms with Gasteiger partial charge in [0, 0.05) is 6.61 Å². The maximum absolute atomic E-state index is 11.9. The molecule has 0 aromatic heterocycles. The molecule has 204 valence electrons. The molecule has 0 spiro atoms. The van der Waals surface area contributed by atoms with Gasteiger partial charge in [0.1, 0.15) is 22.8 Å². The molecule has 1 unspecified atom stereocenters. The molecule has 0 aliphatic heterocycles. The number of aromatic hydroxyl groups is 1. The van der Waals surface area contributed by atoms with Gasteiger partial charge >= 0.3 is 6.16 Å². The molecule has 6 nitrogen and oxygen atoms in total. The average Bonchev–Trinajstić information content (AvgIpc) is 2.87. The van der Waals surface area contributed by atoms with Crippen LogP contribution >= 0.6 is 0 Å². The summed E-state index contributed by atoms with van der Waals surface area (Å²) in [4.78, 5) is 11.9. The van der Waals surface area contributed by atoms with Gasteiger partial charge in [-0.05, 0) is 99.4 Å². The Hall–Kier alpha value is -4.29. The van der Waals surface area contributed by atoms with E-state index in [4.69, 9.17) is 18.9 Å². The lowest BCUT2D eigenvalue weighted by Gasteiger charge is -2.18. The van der Waals surface area contributed by atoms with Gasteiger partial charge in [-0.1, -0.05) is 60.7 Å². The number of phenols is 1. The third-order valence-electron chi connectivity index (χ3n) is 5.22. The topological polar surface area (TPSA) is 74.2 Å². The first-order chi connectivity index (χ1) is 18.6. The largest absolute Gasteiger partial charge is 0.514 e. The van der Waals surface area contributed by atoms with E-state index in [1.165, 1.54) is 0 Å². The SMILES string of the molecule is CCOC(C)Oc1ccc(C=C(C=Cc2ccc(O)cc2)C=Cc2ccc(OC(=O)OC(C)(C)C)cc2)cc1.